The number of methoxy groups -OCH3 is 1. The zero-order chi connectivity index (χ0) is 22.2. The average molecular weight is 431 g/mol. The second-order valence-corrected chi connectivity index (χ2v) is 8.03. The normalized spacial score (nSPS) is 17.0. The molecule has 1 aliphatic rings. The van der Waals surface area contributed by atoms with Gasteiger partial charge in [0.2, 0.25) is 0 Å². The molecular weight excluding hydrogens is 399 g/mol. The molecule has 2 atom stereocenters. The maximum Gasteiger partial charge on any atom is 0.145 e. The largest absolute Gasteiger partial charge is 0.497 e. The number of nitrogens with zero attached hydrogens (tertiary/aromatic N) is 2. The first-order valence-electron chi connectivity index (χ1n) is 10.6. The number of oxime groups is 1. The molecule has 31 heavy (non-hydrogen) atoms. The lowest BCUT2D eigenvalue weighted by Crippen LogP contribution is -2.39. The molecule has 0 saturated heterocycles. The molecule has 0 saturated carbocycles. The van der Waals surface area contributed by atoms with E-state index in [0.717, 1.165) is 11.3 Å². The van der Waals surface area contributed by atoms with Crippen LogP contribution in [0.1, 0.15) is 31.4 Å². The van der Waals surface area contributed by atoms with E-state index in [2.05, 4.69) is 10.1 Å². The summed E-state index contributed by atoms with van der Waals surface area (Å²) in [5.74, 6) is 0.475. The van der Waals surface area contributed by atoms with E-state index in [9.17, 15) is 9.50 Å². The SMILES string of the molecule is COc1cccc(CN(C[C@H](O)COC(C)C)C[C@H]2CC(c3ccccc3F)=NO2)c1. The molecule has 2 aromatic rings. The van der Waals surface area contributed by atoms with Crippen molar-refractivity contribution in [1.29, 1.82) is 0 Å². The molecule has 168 valence electrons. The van der Waals surface area contributed by atoms with Gasteiger partial charge in [0, 0.05) is 31.6 Å². The van der Waals surface area contributed by atoms with Crippen molar-refractivity contribution in [3.63, 3.8) is 0 Å². The van der Waals surface area contributed by atoms with E-state index in [4.69, 9.17) is 14.3 Å². The average Bonchev–Trinajstić information content (AvgIpc) is 3.21. The van der Waals surface area contributed by atoms with Crippen molar-refractivity contribution in [3.8, 4) is 5.75 Å². The first kappa shape index (κ1) is 23.2. The number of aliphatic hydroxyl groups excluding tert-OH is 1. The highest BCUT2D eigenvalue weighted by atomic mass is 19.1. The number of benzene rings is 2. The summed E-state index contributed by atoms with van der Waals surface area (Å²) in [6.45, 7) is 5.69. The van der Waals surface area contributed by atoms with Gasteiger partial charge < -0.3 is 19.4 Å². The van der Waals surface area contributed by atoms with Gasteiger partial charge >= 0.3 is 0 Å². The fourth-order valence-corrected chi connectivity index (χ4v) is 3.56. The molecule has 3 rings (SSSR count). The van der Waals surface area contributed by atoms with Gasteiger partial charge in [-0.15, -0.1) is 0 Å². The lowest BCUT2D eigenvalue weighted by molar-refractivity contribution is -0.0194. The van der Waals surface area contributed by atoms with Crippen LogP contribution < -0.4 is 4.74 Å². The van der Waals surface area contributed by atoms with Crippen LogP contribution in [-0.2, 0) is 16.1 Å². The number of ether oxygens (including phenoxy) is 2. The number of aliphatic hydroxyl groups is 1. The van der Waals surface area contributed by atoms with Gasteiger partial charge in [-0.1, -0.05) is 35.5 Å². The maximum atomic E-state index is 14.1. The van der Waals surface area contributed by atoms with Crippen LogP contribution >= 0.6 is 0 Å². The van der Waals surface area contributed by atoms with Gasteiger partial charge in [0.25, 0.3) is 0 Å². The van der Waals surface area contributed by atoms with Gasteiger partial charge in [0.05, 0.1) is 31.6 Å². The molecule has 0 fully saturated rings. The van der Waals surface area contributed by atoms with E-state index >= 15 is 0 Å². The minimum Gasteiger partial charge on any atom is -0.497 e. The molecular formula is C24H31FN2O4. The zero-order valence-corrected chi connectivity index (χ0v) is 18.3. The fraction of sp³-hybridized carbons (Fsp3) is 0.458. The third-order valence-electron chi connectivity index (χ3n) is 5.01. The van der Waals surface area contributed by atoms with Crippen LogP contribution in [0.25, 0.3) is 0 Å². The smallest absolute Gasteiger partial charge is 0.145 e. The highest BCUT2D eigenvalue weighted by molar-refractivity contribution is 6.01. The van der Waals surface area contributed by atoms with Crippen LogP contribution in [0, 0.1) is 5.82 Å². The summed E-state index contributed by atoms with van der Waals surface area (Å²) in [4.78, 5) is 7.71. The van der Waals surface area contributed by atoms with Gasteiger partial charge in [-0.3, -0.25) is 4.90 Å². The molecule has 6 nitrogen and oxygen atoms in total. The lowest BCUT2D eigenvalue weighted by atomic mass is 10.0. The Morgan fingerprint density at radius 3 is 2.77 bits per heavy atom. The Morgan fingerprint density at radius 2 is 2.03 bits per heavy atom. The van der Waals surface area contributed by atoms with Gasteiger partial charge in [-0.25, -0.2) is 4.39 Å². The monoisotopic (exact) mass is 430 g/mol. The second kappa shape index (κ2) is 11.2. The quantitative estimate of drug-likeness (QED) is 0.590. The van der Waals surface area contributed by atoms with Gasteiger partial charge in [0.15, 0.2) is 0 Å². The predicted molar refractivity (Wildman–Crippen MR) is 118 cm³/mol. The third-order valence-corrected chi connectivity index (χ3v) is 5.01. The summed E-state index contributed by atoms with van der Waals surface area (Å²) in [7, 11) is 1.64. The summed E-state index contributed by atoms with van der Waals surface area (Å²) >= 11 is 0. The number of hydrogen-bond acceptors (Lipinski definition) is 6. The topological polar surface area (TPSA) is 63.5 Å². The summed E-state index contributed by atoms with van der Waals surface area (Å²) in [5.41, 5.74) is 2.13. The molecule has 0 unspecified atom stereocenters. The van der Waals surface area contributed by atoms with Crippen molar-refractivity contribution >= 4 is 5.71 Å². The molecule has 1 aliphatic heterocycles. The Kier molecular flexibility index (Phi) is 8.40. The lowest BCUT2D eigenvalue weighted by Gasteiger charge is -2.27. The van der Waals surface area contributed by atoms with E-state index < -0.39 is 6.10 Å². The molecule has 0 aliphatic carbocycles. The molecule has 0 spiro atoms. The Labute approximate surface area is 183 Å². The zero-order valence-electron chi connectivity index (χ0n) is 18.3. The van der Waals surface area contributed by atoms with E-state index in [-0.39, 0.29) is 24.6 Å². The van der Waals surface area contributed by atoms with Crippen molar-refractivity contribution in [2.75, 3.05) is 26.8 Å². The molecule has 0 bridgehead atoms. The minimum atomic E-state index is -0.638. The Bertz CT molecular complexity index is 874. The van der Waals surface area contributed by atoms with Gasteiger partial charge in [-0.2, -0.15) is 0 Å². The standard InChI is InChI=1S/C24H31FN2O4/c1-17(2)30-16-19(28)14-27(13-18-7-6-8-20(11-18)29-3)15-21-12-24(26-31-21)22-9-4-5-10-23(22)25/h4-11,17,19,21,28H,12-16H2,1-3H3/t19-,21+/m0/s1. The number of rotatable bonds is 11. The predicted octanol–water partition coefficient (Wildman–Crippen LogP) is 3.62. The van der Waals surface area contributed by atoms with Crippen LogP contribution in [-0.4, -0.2) is 60.8 Å². The number of halogens is 1. The second-order valence-electron chi connectivity index (χ2n) is 8.03. The van der Waals surface area contributed by atoms with E-state index in [1.165, 1.54) is 6.07 Å². The summed E-state index contributed by atoms with van der Waals surface area (Å²) < 4.78 is 25.0. The van der Waals surface area contributed by atoms with E-state index in [0.29, 0.717) is 37.3 Å². The minimum absolute atomic E-state index is 0.0522. The molecule has 7 heteroatoms. The molecule has 0 radical (unpaired) electrons. The summed E-state index contributed by atoms with van der Waals surface area (Å²) in [6.07, 6.45) is -0.301. The van der Waals surface area contributed by atoms with Crippen LogP contribution in [0.2, 0.25) is 0 Å². The first-order chi connectivity index (χ1) is 14.9. The molecule has 0 amide bonds. The highest BCUT2D eigenvalue weighted by Gasteiger charge is 2.27. The van der Waals surface area contributed by atoms with Crippen molar-refractivity contribution in [2.24, 2.45) is 5.16 Å². The first-order valence-corrected chi connectivity index (χ1v) is 10.6. The Hall–Kier alpha value is -2.48. The van der Waals surface area contributed by atoms with Gasteiger partial charge in [0.1, 0.15) is 17.7 Å². The van der Waals surface area contributed by atoms with Crippen LogP contribution in [0.3, 0.4) is 0 Å². The maximum absolute atomic E-state index is 14.1. The van der Waals surface area contributed by atoms with Crippen LogP contribution in [0.5, 0.6) is 5.75 Å². The Balaban J connectivity index is 1.65. The number of hydrogen-bond donors (Lipinski definition) is 1. The van der Waals surface area contributed by atoms with E-state index in [1.807, 2.05) is 38.1 Å². The molecule has 2 aromatic carbocycles. The molecule has 0 aromatic heterocycles. The molecule has 1 N–H and O–H groups in total. The van der Waals surface area contributed by atoms with E-state index in [1.54, 1.807) is 25.3 Å². The summed E-state index contributed by atoms with van der Waals surface area (Å²) in [5, 5.41) is 14.6. The van der Waals surface area contributed by atoms with Crippen molar-refractivity contribution in [1.82, 2.24) is 4.90 Å². The van der Waals surface area contributed by atoms with Crippen LogP contribution in [0.15, 0.2) is 53.7 Å². The van der Waals surface area contributed by atoms with Gasteiger partial charge in [-0.05, 0) is 37.6 Å². The third kappa shape index (κ3) is 7.02. The van der Waals surface area contributed by atoms with Crippen molar-refractivity contribution in [3.05, 3.63) is 65.5 Å². The fourth-order valence-electron chi connectivity index (χ4n) is 3.56. The van der Waals surface area contributed by atoms with Crippen LogP contribution in [0.4, 0.5) is 4.39 Å². The highest BCUT2D eigenvalue weighted by Crippen LogP contribution is 2.21. The van der Waals surface area contributed by atoms with Crippen molar-refractivity contribution < 1.29 is 23.8 Å². The summed E-state index contributed by atoms with van der Waals surface area (Å²) in [6, 6.07) is 14.4. The van der Waals surface area contributed by atoms with Crippen molar-refractivity contribution in [2.45, 2.75) is 45.1 Å². The Morgan fingerprint density at radius 1 is 1.23 bits per heavy atom. The molecule has 1 heterocycles.